The van der Waals surface area contributed by atoms with Crippen LogP contribution in [0.3, 0.4) is 0 Å². The van der Waals surface area contributed by atoms with Gasteiger partial charge in [0.25, 0.3) is 5.91 Å². The number of carbonyl (C=O) groups is 1. The fourth-order valence-electron chi connectivity index (χ4n) is 3.12. The second-order valence-electron chi connectivity index (χ2n) is 6.90. The van der Waals surface area contributed by atoms with Crippen LogP contribution in [-0.2, 0) is 19.6 Å². The molecule has 10 heteroatoms. The Bertz CT molecular complexity index is 1170. The third-order valence-electron chi connectivity index (χ3n) is 4.80. The van der Waals surface area contributed by atoms with E-state index in [0.717, 1.165) is 22.6 Å². The minimum Gasteiger partial charge on any atom is -0.378 e. The van der Waals surface area contributed by atoms with Gasteiger partial charge in [0.05, 0.1) is 24.5 Å². The Morgan fingerprint density at radius 3 is 2.81 bits per heavy atom. The third kappa shape index (κ3) is 4.74. The Morgan fingerprint density at radius 1 is 1.16 bits per heavy atom. The van der Waals surface area contributed by atoms with Crippen molar-refractivity contribution in [2.75, 3.05) is 5.32 Å². The molecule has 0 saturated carbocycles. The Balaban J connectivity index is 1.36. The van der Waals surface area contributed by atoms with Crippen LogP contribution in [0.4, 0.5) is 5.69 Å². The van der Waals surface area contributed by atoms with Gasteiger partial charge in [0, 0.05) is 35.8 Å². The first-order chi connectivity index (χ1) is 15.1. The van der Waals surface area contributed by atoms with E-state index in [1.165, 1.54) is 0 Å². The van der Waals surface area contributed by atoms with E-state index in [1.807, 2.05) is 38.1 Å². The van der Waals surface area contributed by atoms with E-state index in [9.17, 15) is 4.79 Å². The normalized spacial score (nSPS) is 10.8. The van der Waals surface area contributed by atoms with Crippen LogP contribution >= 0.6 is 0 Å². The Hall–Kier alpha value is -4.08. The maximum absolute atomic E-state index is 12.6. The quantitative estimate of drug-likeness (QED) is 0.402. The average molecular weight is 417 g/mol. The molecule has 3 N–H and O–H groups in total. The summed E-state index contributed by atoms with van der Waals surface area (Å²) in [6, 6.07) is 11.0. The lowest BCUT2D eigenvalue weighted by molar-refractivity contribution is 0.0950. The minimum atomic E-state index is -0.161. The van der Waals surface area contributed by atoms with Crippen LogP contribution in [0, 0.1) is 6.92 Å². The summed E-state index contributed by atoms with van der Waals surface area (Å²) in [6.45, 7) is 5.40. The Kier molecular flexibility index (Phi) is 5.97. The number of H-pyrrole nitrogens is 1. The van der Waals surface area contributed by atoms with Crippen LogP contribution in [0.15, 0.2) is 48.8 Å². The highest BCUT2D eigenvalue weighted by Gasteiger charge is 2.12. The summed E-state index contributed by atoms with van der Waals surface area (Å²) in [4.78, 5) is 21.1. The molecule has 0 radical (unpaired) electrons. The number of hydrogen-bond donors (Lipinski definition) is 3. The van der Waals surface area contributed by atoms with Crippen molar-refractivity contribution in [3.63, 3.8) is 0 Å². The zero-order valence-electron chi connectivity index (χ0n) is 17.3. The second-order valence-corrected chi connectivity index (χ2v) is 6.90. The van der Waals surface area contributed by atoms with E-state index in [-0.39, 0.29) is 5.91 Å². The predicted molar refractivity (Wildman–Crippen MR) is 115 cm³/mol. The predicted octanol–water partition coefficient (Wildman–Crippen LogP) is 2.33. The fraction of sp³-hybridized carbons (Fsp3) is 0.238. The first-order valence-electron chi connectivity index (χ1n) is 9.97. The van der Waals surface area contributed by atoms with Crippen LogP contribution < -0.4 is 10.6 Å². The van der Waals surface area contributed by atoms with Crippen LogP contribution in [0.2, 0.25) is 0 Å². The van der Waals surface area contributed by atoms with E-state index in [1.54, 1.807) is 29.2 Å². The molecule has 31 heavy (non-hydrogen) atoms. The van der Waals surface area contributed by atoms with Crippen molar-refractivity contribution in [2.45, 2.75) is 33.5 Å². The van der Waals surface area contributed by atoms with E-state index >= 15 is 0 Å². The van der Waals surface area contributed by atoms with Gasteiger partial charge in [-0.1, -0.05) is 11.3 Å². The number of aromatic amines is 1. The number of anilines is 1. The number of amides is 1. The molecule has 0 saturated heterocycles. The van der Waals surface area contributed by atoms with Gasteiger partial charge in [-0.25, -0.2) is 9.67 Å². The van der Waals surface area contributed by atoms with Crippen molar-refractivity contribution in [1.82, 2.24) is 40.5 Å². The zero-order valence-corrected chi connectivity index (χ0v) is 17.3. The number of nitrogens with one attached hydrogen (secondary N) is 3. The van der Waals surface area contributed by atoms with Gasteiger partial charge in [0.2, 0.25) is 0 Å². The molecule has 0 aliphatic rings. The van der Waals surface area contributed by atoms with Gasteiger partial charge in [-0.3, -0.25) is 14.9 Å². The molecule has 0 aliphatic heterocycles. The number of hydrogen-bond acceptors (Lipinski definition) is 7. The molecule has 0 bridgehead atoms. The maximum atomic E-state index is 12.6. The number of nitrogens with zero attached hydrogens (tertiary/aromatic N) is 6. The molecular formula is C21H23N9O. The molecule has 0 aliphatic carbocycles. The highest BCUT2D eigenvalue weighted by atomic mass is 16.1. The van der Waals surface area contributed by atoms with Gasteiger partial charge in [-0.05, 0) is 44.2 Å². The zero-order chi connectivity index (χ0) is 21.6. The lowest BCUT2D eigenvalue weighted by Gasteiger charge is -2.09. The number of pyridine rings is 1. The van der Waals surface area contributed by atoms with Gasteiger partial charge in [-0.2, -0.15) is 5.10 Å². The van der Waals surface area contributed by atoms with Gasteiger partial charge in [0.15, 0.2) is 5.82 Å². The van der Waals surface area contributed by atoms with Crippen molar-refractivity contribution in [3.05, 3.63) is 71.6 Å². The molecule has 158 valence electrons. The highest BCUT2D eigenvalue weighted by Crippen LogP contribution is 2.15. The first kappa shape index (κ1) is 20.2. The Labute approximate surface area is 179 Å². The molecule has 0 unspecified atom stereocenters. The van der Waals surface area contributed by atoms with Crippen molar-refractivity contribution >= 4 is 11.6 Å². The lowest BCUT2D eigenvalue weighted by Crippen LogP contribution is -2.25. The van der Waals surface area contributed by atoms with Crippen LogP contribution in [0.1, 0.15) is 34.5 Å². The van der Waals surface area contributed by atoms with E-state index in [0.29, 0.717) is 36.8 Å². The van der Waals surface area contributed by atoms with E-state index in [4.69, 9.17) is 0 Å². The van der Waals surface area contributed by atoms with Crippen molar-refractivity contribution < 1.29 is 4.79 Å². The summed E-state index contributed by atoms with van der Waals surface area (Å²) < 4.78 is 1.78. The van der Waals surface area contributed by atoms with Gasteiger partial charge >= 0.3 is 0 Å². The summed E-state index contributed by atoms with van der Waals surface area (Å²) in [5, 5.41) is 21.5. The van der Waals surface area contributed by atoms with Gasteiger partial charge in [-0.15, -0.1) is 5.10 Å². The molecule has 0 fully saturated rings. The summed E-state index contributed by atoms with van der Waals surface area (Å²) >= 11 is 0. The minimum absolute atomic E-state index is 0.161. The molecule has 4 rings (SSSR count). The summed E-state index contributed by atoms with van der Waals surface area (Å²) in [6.07, 6.45) is 3.40. The van der Waals surface area contributed by atoms with Gasteiger partial charge < -0.3 is 10.6 Å². The number of aryl methyl sites for hydroxylation is 2. The number of benzene rings is 1. The fourth-order valence-corrected chi connectivity index (χ4v) is 3.12. The molecular weight excluding hydrogens is 394 g/mol. The first-order valence-corrected chi connectivity index (χ1v) is 9.97. The largest absolute Gasteiger partial charge is 0.378 e. The van der Waals surface area contributed by atoms with Crippen LogP contribution in [-0.4, -0.2) is 41.1 Å². The molecule has 4 aromatic rings. The smallest absolute Gasteiger partial charge is 0.251 e. The lowest BCUT2D eigenvalue weighted by atomic mass is 10.2. The third-order valence-corrected chi connectivity index (χ3v) is 4.80. The van der Waals surface area contributed by atoms with E-state index in [2.05, 4.69) is 41.1 Å². The topological polar surface area (TPSA) is 126 Å². The van der Waals surface area contributed by atoms with Crippen molar-refractivity contribution in [1.29, 1.82) is 0 Å². The highest BCUT2D eigenvalue weighted by molar-refractivity contribution is 5.95. The summed E-state index contributed by atoms with van der Waals surface area (Å²) in [5.41, 5.74) is 3.99. The number of aromatic nitrogens is 7. The van der Waals surface area contributed by atoms with E-state index < -0.39 is 0 Å². The van der Waals surface area contributed by atoms with Crippen molar-refractivity contribution in [3.8, 4) is 11.4 Å². The average Bonchev–Trinajstić information content (AvgIpc) is 3.43. The van der Waals surface area contributed by atoms with Crippen LogP contribution in [0.5, 0.6) is 0 Å². The molecule has 3 aromatic heterocycles. The molecule has 0 spiro atoms. The molecule has 1 amide bonds. The van der Waals surface area contributed by atoms with Gasteiger partial charge in [0.1, 0.15) is 5.82 Å². The monoisotopic (exact) mass is 417 g/mol. The Morgan fingerprint density at radius 2 is 2.00 bits per heavy atom. The SMILES string of the molecule is CCn1nnc(C)c1CNC(=O)c1cccc(NCc2nc(-c3ccncc3)n[nH]2)c1. The molecule has 3 heterocycles. The number of rotatable bonds is 8. The second kappa shape index (κ2) is 9.16. The molecule has 10 nitrogen and oxygen atoms in total. The summed E-state index contributed by atoms with van der Waals surface area (Å²) in [7, 11) is 0. The van der Waals surface area contributed by atoms with Crippen LogP contribution in [0.25, 0.3) is 11.4 Å². The number of carbonyl (C=O) groups excluding carboxylic acids is 1. The van der Waals surface area contributed by atoms with Crippen molar-refractivity contribution in [2.24, 2.45) is 0 Å². The summed E-state index contributed by atoms with van der Waals surface area (Å²) in [5.74, 6) is 1.15. The molecule has 0 atom stereocenters. The maximum Gasteiger partial charge on any atom is 0.251 e. The molecule has 1 aromatic carbocycles. The standard InChI is InChI=1S/C21H23N9O/c1-3-30-18(14(2)26-29-30)12-24-21(31)16-5-4-6-17(11-16)23-13-19-25-20(28-27-19)15-7-9-22-10-8-15/h4-11,23H,3,12-13H2,1-2H3,(H,24,31)(H,25,27,28).